The van der Waals surface area contributed by atoms with Gasteiger partial charge in [0, 0.05) is 29.9 Å². The van der Waals surface area contributed by atoms with Crippen molar-refractivity contribution in [3.63, 3.8) is 0 Å². The number of benzene rings is 1. The molecule has 0 bridgehead atoms. The molecule has 1 aromatic carbocycles. The molecule has 1 N–H and O–H groups in total. The van der Waals surface area contributed by atoms with E-state index < -0.39 is 12.2 Å². The van der Waals surface area contributed by atoms with Gasteiger partial charge in [-0.2, -0.15) is 15.5 Å². The number of anilines is 1. The molecule has 164 valence electrons. The maximum absolute atomic E-state index is 13.9. The Labute approximate surface area is 182 Å². The third-order valence-corrected chi connectivity index (χ3v) is 5.12. The van der Waals surface area contributed by atoms with Crippen LogP contribution in [0.15, 0.2) is 49.1 Å². The zero-order chi connectivity index (χ0) is 22.7. The van der Waals surface area contributed by atoms with Gasteiger partial charge in [-0.15, -0.1) is 0 Å². The summed E-state index contributed by atoms with van der Waals surface area (Å²) in [5.74, 6) is 0.102. The number of hydrogen-bond donors (Lipinski definition) is 1. The van der Waals surface area contributed by atoms with Crippen molar-refractivity contribution in [3.8, 4) is 17.2 Å². The van der Waals surface area contributed by atoms with Crippen LogP contribution in [0.1, 0.15) is 30.5 Å². The molecular weight excluding hydrogens is 419 g/mol. The van der Waals surface area contributed by atoms with E-state index in [1.807, 2.05) is 13.0 Å². The second kappa shape index (κ2) is 9.09. The fraction of sp³-hybridized carbons (Fsp3) is 0.273. The molecule has 4 rings (SSSR count). The number of aromatic nitrogens is 5. The van der Waals surface area contributed by atoms with Crippen molar-refractivity contribution in [3.05, 3.63) is 66.0 Å². The third kappa shape index (κ3) is 4.56. The predicted molar refractivity (Wildman–Crippen MR) is 113 cm³/mol. The lowest BCUT2D eigenvalue weighted by atomic mass is 9.97. The van der Waals surface area contributed by atoms with Crippen LogP contribution in [0.5, 0.6) is 0 Å². The summed E-state index contributed by atoms with van der Waals surface area (Å²) in [6, 6.07) is 7.61. The van der Waals surface area contributed by atoms with Crippen LogP contribution in [0.3, 0.4) is 0 Å². The molecule has 4 aromatic rings. The molecule has 0 amide bonds. The minimum absolute atomic E-state index is 0.137. The van der Waals surface area contributed by atoms with Crippen molar-refractivity contribution >= 4 is 11.5 Å². The minimum atomic E-state index is -2.42. The second-order valence-corrected chi connectivity index (χ2v) is 7.36. The van der Waals surface area contributed by atoms with Crippen LogP contribution in [0.25, 0.3) is 16.8 Å². The molecule has 0 aliphatic heterocycles. The topological polar surface area (TPSA) is 83.8 Å². The van der Waals surface area contributed by atoms with Crippen LogP contribution >= 0.6 is 0 Å². The summed E-state index contributed by atoms with van der Waals surface area (Å²) < 4.78 is 42.4. The van der Waals surface area contributed by atoms with Crippen molar-refractivity contribution in [2.24, 2.45) is 0 Å². The molecule has 0 saturated heterocycles. The number of halogens is 3. The van der Waals surface area contributed by atoms with Crippen LogP contribution in [0.2, 0.25) is 0 Å². The Kier molecular flexibility index (Phi) is 6.07. The summed E-state index contributed by atoms with van der Waals surface area (Å²) in [4.78, 5) is 4.63. The zero-order valence-corrected chi connectivity index (χ0v) is 17.2. The van der Waals surface area contributed by atoms with Gasteiger partial charge in [0.05, 0.1) is 24.5 Å². The van der Waals surface area contributed by atoms with Crippen LogP contribution in [-0.2, 0) is 13.0 Å². The van der Waals surface area contributed by atoms with E-state index in [-0.39, 0.29) is 25.4 Å². The normalized spacial score (nSPS) is 12.2. The molecule has 1 unspecified atom stereocenters. The fourth-order valence-corrected chi connectivity index (χ4v) is 3.58. The number of hydrogen-bond acceptors (Lipinski definition) is 5. The van der Waals surface area contributed by atoms with Crippen LogP contribution in [0.4, 0.5) is 19.0 Å². The molecule has 0 spiro atoms. The molecule has 0 fully saturated rings. The highest BCUT2D eigenvalue weighted by Crippen LogP contribution is 2.27. The number of nitrogens with zero attached hydrogens (tertiary/aromatic N) is 6. The summed E-state index contributed by atoms with van der Waals surface area (Å²) in [6.07, 6.45) is 4.24. The van der Waals surface area contributed by atoms with Gasteiger partial charge in [-0.3, -0.25) is 4.68 Å². The Morgan fingerprint density at radius 1 is 1.19 bits per heavy atom. The highest BCUT2D eigenvalue weighted by molar-refractivity contribution is 5.76. The number of nitrogens with one attached hydrogen (secondary N) is 1. The molecule has 0 aliphatic carbocycles. The van der Waals surface area contributed by atoms with Gasteiger partial charge in [-0.05, 0) is 42.7 Å². The number of alkyl halides is 2. The van der Waals surface area contributed by atoms with Crippen molar-refractivity contribution in [1.82, 2.24) is 24.4 Å². The average Bonchev–Trinajstić information content (AvgIpc) is 3.39. The number of rotatable bonds is 8. The quantitative estimate of drug-likeness (QED) is 0.433. The Balaban J connectivity index is 1.61. The smallest absolute Gasteiger partial charge is 0.239 e. The Bertz CT molecular complexity index is 1270. The lowest BCUT2D eigenvalue weighted by Crippen LogP contribution is -2.12. The average molecular weight is 439 g/mol. The highest BCUT2D eigenvalue weighted by Gasteiger charge is 2.16. The molecule has 10 heteroatoms. The summed E-state index contributed by atoms with van der Waals surface area (Å²) in [7, 11) is 0. The van der Waals surface area contributed by atoms with Crippen LogP contribution < -0.4 is 5.32 Å². The molecule has 32 heavy (non-hydrogen) atoms. The zero-order valence-electron chi connectivity index (χ0n) is 17.2. The van der Waals surface area contributed by atoms with E-state index in [0.717, 1.165) is 11.1 Å². The van der Waals surface area contributed by atoms with Gasteiger partial charge < -0.3 is 5.32 Å². The third-order valence-electron chi connectivity index (χ3n) is 5.12. The van der Waals surface area contributed by atoms with Crippen LogP contribution in [-0.4, -0.2) is 30.8 Å². The van der Waals surface area contributed by atoms with Crippen molar-refractivity contribution < 1.29 is 13.2 Å². The van der Waals surface area contributed by atoms with E-state index in [0.29, 0.717) is 22.6 Å². The first-order valence-corrected chi connectivity index (χ1v) is 10.0. The van der Waals surface area contributed by atoms with Crippen molar-refractivity contribution in [1.29, 1.82) is 5.26 Å². The molecule has 3 heterocycles. The van der Waals surface area contributed by atoms with Gasteiger partial charge in [-0.1, -0.05) is 6.07 Å². The van der Waals surface area contributed by atoms with E-state index in [1.165, 1.54) is 16.8 Å². The Morgan fingerprint density at radius 3 is 2.81 bits per heavy atom. The van der Waals surface area contributed by atoms with E-state index in [9.17, 15) is 13.2 Å². The Hall–Kier alpha value is -3.87. The number of aryl methyl sites for hydroxylation is 1. The van der Waals surface area contributed by atoms with Gasteiger partial charge in [0.25, 0.3) is 0 Å². The maximum atomic E-state index is 13.9. The van der Waals surface area contributed by atoms with E-state index in [2.05, 4.69) is 20.5 Å². The molecule has 3 aromatic heterocycles. The number of fused-ring (bicyclic) bond motifs is 1. The first kappa shape index (κ1) is 21.4. The maximum Gasteiger partial charge on any atom is 0.239 e. The number of nitriles is 1. The van der Waals surface area contributed by atoms with Gasteiger partial charge >= 0.3 is 0 Å². The largest absolute Gasteiger partial charge is 0.363 e. The fourth-order valence-electron chi connectivity index (χ4n) is 3.58. The summed E-state index contributed by atoms with van der Waals surface area (Å²) >= 11 is 0. The predicted octanol–water partition coefficient (Wildman–Crippen LogP) is 4.63. The Morgan fingerprint density at radius 2 is 2.03 bits per heavy atom. The summed E-state index contributed by atoms with van der Waals surface area (Å²) in [6.45, 7) is 1.97. The second-order valence-electron chi connectivity index (χ2n) is 7.36. The first-order valence-electron chi connectivity index (χ1n) is 10.0. The monoisotopic (exact) mass is 439 g/mol. The van der Waals surface area contributed by atoms with Crippen molar-refractivity contribution in [2.75, 3.05) is 5.32 Å². The molecule has 7 nitrogen and oxygen atoms in total. The highest BCUT2D eigenvalue weighted by atomic mass is 19.3. The first-order chi connectivity index (χ1) is 15.4. The summed E-state index contributed by atoms with van der Waals surface area (Å²) in [5, 5.41) is 20.5. The van der Waals surface area contributed by atoms with Crippen LogP contribution in [0, 0.1) is 17.1 Å². The van der Waals surface area contributed by atoms with Gasteiger partial charge in [0.1, 0.15) is 18.2 Å². The van der Waals surface area contributed by atoms with E-state index >= 15 is 0 Å². The molecular formula is C22H20F3N7. The van der Waals surface area contributed by atoms with E-state index in [4.69, 9.17) is 5.26 Å². The SMILES string of the molecule is CC(Nc1ccn2ncc(-c3cnn(CC#N)c3)c2n1)c1cc(F)ccc1CCC(F)F. The molecule has 1 atom stereocenters. The standard InChI is InChI=1S/C22H20F3N7/c1-14(18-10-17(23)4-2-15(18)3-5-20(24)25)29-21-6-8-32-22(30-21)19(12-28-32)16-11-27-31(13-16)9-7-26/h2,4,6,8,10-14,20H,3,5,9H2,1H3,(H,29,30). The van der Waals surface area contributed by atoms with E-state index in [1.54, 1.807) is 41.4 Å². The summed E-state index contributed by atoms with van der Waals surface area (Å²) in [5.41, 5.74) is 3.37. The van der Waals surface area contributed by atoms with Gasteiger partial charge in [0.2, 0.25) is 6.43 Å². The van der Waals surface area contributed by atoms with Crippen molar-refractivity contribution in [2.45, 2.75) is 38.8 Å². The minimum Gasteiger partial charge on any atom is -0.363 e. The van der Waals surface area contributed by atoms with Gasteiger partial charge in [-0.25, -0.2) is 22.7 Å². The lowest BCUT2D eigenvalue weighted by molar-refractivity contribution is 0.138. The van der Waals surface area contributed by atoms with Gasteiger partial charge in [0.15, 0.2) is 5.65 Å². The molecule has 0 radical (unpaired) electrons. The molecule has 0 aliphatic rings. The molecule has 0 saturated carbocycles. The lowest BCUT2D eigenvalue weighted by Gasteiger charge is -2.19.